The van der Waals surface area contributed by atoms with Crippen LogP contribution in [0.5, 0.6) is 0 Å². The minimum atomic E-state index is -0.950. The molecule has 8 nitrogen and oxygen atoms in total. The van der Waals surface area contributed by atoms with Gasteiger partial charge in [-0.25, -0.2) is 0 Å². The van der Waals surface area contributed by atoms with Gasteiger partial charge in [0.1, 0.15) is 6.04 Å². The second kappa shape index (κ2) is 11.7. The van der Waals surface area contributed by atoms with Crippen molar-refractivity contribution >= 4 is 29.3 Å². The number of furan rings is 1. The van der Waals surface area contributed by atoms with Gasteiger partial charge in [-0.3, -0.25) is 19.4 Å². The zero-order valence-electron chi connectivity index (χ0n) is 19.2. The van der Waals surface area contributed by atoms with E-state index in [-0.39, 0.29) is 30.8 Å². The highest BCUT2D eigenvalue weighted by molar-refractivity contribution is 6.31. The van der Waals surface area contributed by atoms with E-state index in [0.717, 1.165) is 25.7 Å². The van der Waals surface area contributed by atoms with Crippen molar-refractivity contribution in [1.29, 1.82) is 0 Å². The average molecular weight is 495 g/mol. The number of rotatable bonds is 9. The van der Waals surface area contributed by atoms with Crippen molar-refractivity contribution in [1.82, 2.24) is 20.5 Å². The third kappa shape index (κ3) is 6.27. The molecular weight excluding hydrogens is 468 g/mol. The van der Waals surface area contributed by atoms with Crippen LogP contribution >= 0.6 is 11.6 Å². The lowest BCUT2D eigenvalue weighted by atomic mass is 10.0. The van der Waals surface area contributed by atoms with Crippen molar-refractivity contribution < 1.29 is 18.8 Å². The van der Waals surface area contributed by atoms with Crippen LogP contribution in [0.3, 0.4) is 0 Å². The highest BCUT2D eigenvalue weighted by atomic mass is 35.5. The van der Waals surface area contributed by atoms with Gasteiger partial charge in [0.25, 0.3) is 5.91 Å². The third-order valence-corrected chi connectivity index (χ3v) is 6.39. The van der Waals surface area contributed by atoms with Gasteiger partial charge in [0.05, 0.1) is 12.8 Å². The van der Waals surface area contributed by atoms with Crippen LogP contribution in [0.25, 0.3) is 0 Å². The normalized spacial score (nSPS) is 14.3. The Kier molecular flexibility index (Phi) is 8.15. The smallest absolute Gasteiger partial charge is 0.287 e. The van der Waals surface area contributed by atoms with Gasteiger partial charge in [0.2, 0.25) is 11.8 Å². The molecular formula is C26H27ClN4O4. The number of nitrogens with one attached hydrogen (secondary N) is 2. The van der Waals surface area contributed by atoms with Gasteiger partial charge in [-0.2, -0.15) is 0 Å². The molecule has 9 heteroatoms. The monoisotopic (exact) mass is 494 g/mol. The number of amides is 3. The molecule has 3 amide bonds. The molecule has 182 valence electrons. The molecule has 2 heterocycles. The van der Waals surface area contributed by atoms with Crippen LogP contribution < -0.4 is 10.6 Å². The molecule has 2 N–H and O–H groups in total. The van der Waals surface area contributed by atoms with Gasteiger partial charge < -0.3 is 20.0 Å². The Morgan fingerprint density at radius 3 is 2.57 bits per heavy atom. The van der Waals surface area contributed by atoms with Crippen molar-refractivity contribution in [2.24, 2.45) is 0 Å². The molecule has 1 saturated carbocycles. The number of hydrogen-bond acceptors (Lipinski definition) is 5. The molecule has 1 fully saturated rings. The molecule has 1 aromatic carbocycles. The lowest BCUT2D eigenvalue weighted by Gasteiger charge is -2.32. The second-order valence-corrected chi connectivity index (χ2v) is 8.86. The van der Waals surface area contributed by atoms with E-state index in [9.17, 15) is 14.4 Å². The topological polar surface area (TPSA) is 105 Å². The van der Waals surface area contributed by atoms with Crippen LogP contribution in [0.2, 0.25) is 5.02 Å². The molecule has 0 saturated heterocycles. The number of pyridine rings is 1. The van der Waals surface area contributed by atoms with E-state index in [4.69, 9.17) is 16.0 Å². The molecule has 1 aliphatic rings. The number of benzene rings is 1. The number of aromatic nitrogens is 1. The van der Waals surface area contributed by atoms with Crippen molar-refractivity contribution in [3.8, 4) is 0 Å². The highest BCUT2D eigenvalue weighted by Crippen LogP contribution is 2.27. The summed E-state index contributed by atoms with van der Waals surface area (Å²) in [5.74, 6) is -1.16. The zero-order chi connectivity index (χ0) is 24.6. The van der Waals surface area contributed by atoms with Crippen LogP contribution in [0, 0.1) is 0 Å². The maximum Gasteiger partial charge on any atom is 0.287 e. The predicted octanol–water partition coefficient (Wildman–Crippen LogP) is 3.89. The summed E-state index contributed by atoms with van der Waals surface area (Å²) in [6, 6.07) is 12.9. The Labute approximate surface area is 208 Å². The molecule has 3 aromatic rings. The van der Waals surface area contributed by atoms with Crippen LogP contribution in [0.15, 0.2) is 71.6 Å². The van der Waals surface area contributed by atoms with Crippen molar-refractivity contribution in [3.05, 3.63) is 89.1 Å². The summed E-state index contributed by atoms with van der Waals surface area (Å²) in [5, 5.41) is 6.16. The van der Waals surface area contributed by atoms with Gasteiger partial charge in [0.15, 0.2) is 5.76 Å². The van der Waals surface area contributed by atoms with Crippen LogP contribution in [0.1, 0.15) is 53.4 Å². The van der Waals surface area contributed by atoms with Gasteiger partial charge >= 0.3 is 0 Å². The highest BCUT2D eigenvalue weighted by Gasteiger charge is 2.34. The molecule has 1 atom stereocenters. The minimum absolute atomic E-state index is 0.0672. The van der Waals surface area contributed by atoms with Crippen LogP contribution in [0.4, 0.5) is 0 Å². The Morgan fingerprint density at radius 1 is 1.09 bits per heavy atom. The summed E-state index contributed by atoms with van der Waals surface area (Å²) in [5.41, 5.74) is 1.25. The Bertz CT molecular complexity index is 1150. The molecule has 0 spiro atoms. The second-order valence-electron chi connectivity index (χ2n) is 8.45. The fourth-order valence-corrected chi connectivity index (χ4v) is 4.44. The van der Waals surface area contributed by atoms with E-state index in [1.165, 1.54) is 17.2 Å². The summed E-state index contributed by atoms with van der Waals surface area (Å²) in [6.45, 7) is -0.246. The molecule has 1 unspecified atom stereocenters. The van der Waals surface area contributed by atoms with Gasteiger partial charge in [-0.05, 0) is 42.7 Å². The molecule has 0 radical (unpaired) electrons. The largest absolute Gasteiger partial charge is 0.459 e. The SMILES string of the molecule is O=C(NCC(=O)N(Cc1ccccc1Cl)C(C(=O)NC1CCCC1)c1cccnc1)c1ccco1. The summed E-state index contributed by atoms with van der Waals surface area (Å²) >= 11 is 6.40. The first-order valence-corrected chi connectivity index (χ1v) is 12.0. The molecule has 35 heavy (non-hydrogen) atoms. The predicted molar refractivity (Wildman–Crippen MR) is 130 cm³/mol. The van der Waals surface area contributed by atoms with E-state index in [1.807, 2.05) is 6.07 Å². The molecule has 2 aromatic heterocycles. The Hall–Kier alpha value is -3.65. The molecule has 1 aliphatic carbocycles. The number of carbonyl (C=O) groups excluding carboxylic acids is 3. The number of halogens is 1. The fourth-order valence-electron chi connectivity index (χ4n) is 4.25. The van der Waals surface area contributed by atoms with E-state index in [1.54, 1.807) is 48.8 Å². The van der Waals surface area contributed by atoms with Crippen molar-refractivity contribution in [3.63, 3.8) is 0 Å². The number of nitrogens with zero attached hydrogens (tertiary/aromatic N) is 2. The first-order valence-electron chi connectivity index (χ1n) is 11.6. The average Bonchev–Trinajstić information content (AvgIpc) is 3.58. The van der Waals surface area contributed by atoms with E-state index >= 15 is 0 Å². The number of carbonyl (C=O) groups is 3. The van der Waals surface area contributed by atoms with Gasteiger partial charge in [0, 0.05) is 35.6 Å². The number of hydrogen-bond donors (Lipinski definition) is 2. The molecule has 0 aliphatic heterocycles. The minimum Gasteiger partial charge on any atom is -0.459 e. The standard InChI is InChI=1S/C26H27ClN4O4/c27-21-11-4-1-7-19(21)17-31(23(32)16-29-25(33)22-12-6-14-35-22)24(18-8-5-13-28-15-18)26(34)30-20-9-2-3-10-20/h1,4-8,11-15,20,24H,2-3,9-10,16-17H2,(H,29,33)(H,30,34). The van der Waals surface area contributed by atoms with Gasteiger partial charge in [-0.15, -0.1) is 0 Å². The quantitative estimate of drug-likeness (QED) is 0.469. The molecule has 0 bridgehead atoms. The Morgan fingerprint density at radius 2 is 1.89 bits per heavy atom. The van der Waals surface area contributed by atoms with Gasteiger partial charge in [-0.1, -0.05) is 48.7 Å². The first kappa shape index (κ1) is 24.5. The Balaban J connectivity index is 1.63. The lowest BCUT2D eigenvalue weighted by molar-refractivity contribution is -0.141. The van der Waals surface area contributed by atoms with Crippen molar-refractivity contribution in [2.75, 3.05) is 6.54 Å². The summed E-state index contributed by atoms with van der Waals surface area (Å²) in [6.07, 6.45) is 8.50. The van der Waals surface area contributed by atoms with E-state index in [0.29, 0.717) is 16.1 Å². The lowest BCUT2D eigenvalue weighted by Crippen LogP contribution is -2.48. The summed E-state index contributed by atoms with van der Waals surface area (Å²) in [7, 11) is 0. The third-order valence-electron chi connectivity index (χ3n) is 6.03. The van der Waals surface area contributed by atoms with E-state index in [2.05, 4.69) is 15.6 Å². The maximum absolute atomic E-state index is 13.6. The van der Waals surface area contributed by atoms with Crippen LogP contribution in [-0.4, -0.2) is 40.2 Å². The maximum atomic E-state index is 13.6. The molecule has 4 rings (SSSR count). The fraction of sp³-hybridized carbons (Fsp3) is 0.308. The van der Waals surface area contributed by atoms with E-state index < -0.39 is 17.9 Å². The zero-order valence-corrected chi connectivity index (χ0v) is 19.9. The summed E-state index contributed by atoms with van der Waals surface area (Å²) < 4.78 is 5.10. The van der Waals surface area contributed by atoms with Crippen molar-refractivity contribution in [2.45, 2.75) is 44.3 Å². The summed E-state index contributed by atoms with van der Waals surface area (Å²) in [4.78, 5) is 45.1. The first-order chi connectivity index (χ1) is 17.0. The van der Waals surface area contributed by atoms with Crippen LogP contribution in [-0.2, 0) is 16.1 Å².